The number of aromatic nitrogens is 1. The number of pyridine rings is 1. The second-order valence-electron chi connectivity index (χ2n) is 2.11. The summed E-state index contributed by atoms with van der Waals surface area (Å²) in [5.41, 5.74) is -0.177. The van der Waals surface area contributed by atoms with Crippen LogP contribution < -0.4 is 4.74 Å². The smallest absolute Gasteiger partial charge is 0.341 e. The van der Waals surface area contributed by atoms with E-state index in [1.54, 1.807) is 0 Å². The van der Waals surface area contributed by atoms with E-state index in [9.17, 15) is 4.79 Å². The number of carboxylic acids is 1. The van der Waals surface area contributed by atoms with E-state index in [0.717, 1.165) is 6.20 Å². The van der Waals surface area contributed by atoms with Gasteiger partial charge >= 0.3 is 5.97 Å². The van der Waals surface area contributed by atoms with Crippen LogP contribution in [-0.2, 0) is 0 Å². The fourth-order valence-corrected chi connectivity index (χ4v) is 1.27. The maximum absolute atomic E-state index is 10.7. The van der Waals surface area contributed by atoms with Crippen molar-refractivity contribution in [1.82, 2.24) is 4.98 Å². The van der Waals surface area contributed by atoms with Gasteiger partial charge in [-0.3, -0.25) is 0 Å². The van der Waals surface area contributed by atoms with Crippen LogP contribution in [0.5, 0.6) is 5.75 Å². The van der Waals surface area contributed by atoms with E-state index in [0.29, 0.717) is 0 Å². The molecule has 0 aromatic carbocycles. The summed E-state index contributed by atoms with van der Waals surface area (Å²) in [6.45, 7) is 0. The molecule has 1 rings (SSSR count). The average Bonchev–Trinajstić information content (AvgIpc) is 2.07. The Morgan fingerprint density at radius 2 is 2.23 bits per heavy atom. The van der Waals surface area contributed by atoms with Gasteiger partial charge in [-0.05, 0) is 0 Å². The summed E-state index contributed by atoms with van der Waals surface area (Å²) in [6.07, 6.45) is 1.16. The van der Waals surface area contributed by atoms with Gasteiger partial charge in [-0.1, -0.05) is 23.2 Å². The van der Waals surface area contributed by atoms with Crippen LogP contribution in [0, 0.1) is 0 Å². The molecule has 70 valence electrons. The number of nitrogens with zero attached hydrogens (tertiary/aromatic N) is 1. The summed E-state index contributed by atoms with van der Waals surface area (Å²) in [6, 6.07) is 0. The maximum atomic E-state index is 10.7. The molecule has 4 nitrogen and oxygen atoms in total. The first-order valence-electron chi connectivity index (χ1n) is 3.19. The molecule has 0 radical (unpaired) electrons. The second kappa shape index (κ2) is 3.81. The van der Waals surface area contributed by atoms with Crippen LogP contribution in [0.1, 0.15) is 10.4 Å². The van der Waals surface area contributed by atoms with Gasteiger partial charge in [0.1, 0.15) is 5.56 Å². The summed E-state index contributed by atoms with van der Waals surface area (Å²) in [5.74, 6) is -1.23. The third-order valence-corrected chi connectivity index (χ3v) is 1.92. The molecule has 0 amide bonds. The van der Waals surface area contributed by atoms with Gasteiger partial charge in [0.25, 0.3) is 0 Å². The minimum absolute atomic E-state index is 0.00579. The number of hydrogen-bond donors (Lipinski definition) is 1. The van der Waals surface area contributed by atoms with Crippen molar-refractivity contribution in [2.45, 2.75) is 0 Å². The normalized spacial score (nSPS) is 9.77. The van der Waals surface area contributed by atoms with Crippen molar-refractivity contribution in [2.75, 3.05) is 7.11 Å². The van der Waals surface area contributed by atoms with E-state index in [1.165, 1.54) is 7.11 Å². The Morgan fingerprint density at radius 3 is 2.62 bits per heavy atom. The number of carboxylic acid groups (broad SMARTS) is 1. The molecule has 0 unspecified atom stereocenters. The molecule has 0 aliphatic rings. The first kappa shape index (κ1) is 10.1. The Kier molecular flexibility index (Phi) is 2.95. The zero-order chi connectivity index (χ0) is 10.0. The van der Waals surface area contributed by atoms with Gasteiger partial charge in [0.05, 0.1) is 12.1 Å². The minimum Gasteiger partial charge on any atom is -0.493 e. The van der Waals surface area contributed by atoms with Crippen molar-refractivity contribution in [2.24, 2.45) is 0 Å². The number of rotatable bonds is 2. The molecule has 0 fully saturated rings. The lowest BCUT2D eigenvalue weighted by molar-refractivity contribution is 0.0693. The van der Waals surface area contributed by atoms with Crippen LogP contribution in [-0.4, -0.2) is 23.2 Å². The van der Waals surface area contributed by atoms with Crippen molar-refractivity contribution in [3.05, 3.63) is 21.9 Å². The predicted octanol–water partition coefficient (Wildman–Crippen LogP) is 2.10. The number of carbonyl (C=O) groups is 1. The molecule has 0 aliphatic carbocycles. The van der Waals surface area contributed by atoms with Crippen LogP contribution in [0.15, 0.2) is 6.20 Å². The molecule has 6 heteroatoms. The van der Waals surface area contributed by atoms with E-state index in [2.05, 4.69) is 4.98 Å². The topological polar surface area (TPSA) is 59.4 Å². The second-order valence-corrected chi connectivity index (χ2v) is 2.88. The van der Waals surface area contributed by atoms with Gasteiger partial charge in [0, 0.05) is 6.20 Å². The van der Waals surface area contributed by atoms with E-state index < -0.39 is 5.97 Å². The highest BCUT2D eigenvalue weighted by Gasteiger charge is 2.19. The minimum atomic E-state index is -1.20. The van der Waals surface area contributed by atoms with Crippen LogP contribution in [0.2, 0.25) is 10.2 Å². The number of aromatic carboxylic acids is 1. The Bertz CT molecular complexity index is 354. The molecule has 0 spiro atoms. The lowest BCUT2D eigenvalue weighted by Gasteiger charge is -2.06. The summed E-state index contributed by atoms with van der Waals surface area (Å²) in [5, 5.41) is 8.72. The molecule has 0 aliphatic heterocycles. The van der Waals surface area contributed by atoms with Gasteiger partial charge in [-0.15, -0.1) is 0 Å². The molecule has 1 N–H and O–H groups in total. The summed E-state index contributed by atoms with van der Waals surface area (Å²) >= 11 is 11.2. The highest BCUT2D eigenvalue weighted by atomic mass is 35.5. The molecule has 0 saturated carbocycles. The van der Waals surface area contributed by atoms with Crippen molar-refractivity contribution >= 4 is 29.2 Å². The maximum Gasteiger partial charge on any atom is 0.341 e. The van der Waals surface area contributed by atoms with Crippen LogP contribution >= 0.6 is 23.2 Å². The number of hydrogen-bond acceptors (Lipinski definition) is 3. The number of methoxy groups -OCH3 is 1. The number of halogens is 2. The highest BCUT2D eigenvalue weighted by molar-refractivity contribution is 6.36. The predicted molar refractivity (Wildman–Crippen MR) is 47.8 cm³/mol. The summed E-state index contributed by atoms with van der Waals surface area (Å²) < 4.78 is 4.76. The van der Waals surface area contributed by atoms with Crippen LogP contribution in [0.4, 0.5) is 0 Å². The van der Waals surface area contributed by atoms with Crippen molar-refractivity contribution < 1.29 is 14.6 Å². The standard InChI is InChI=1S/C7H5Cl2NO3/c1-13-5-4(7(11)12)3(8)2-10-6(5)9/h2H,1H3,(H,11,12). The van der Waals surface area contributed by atoms with Crippen molar-refractivity contribution in [1.29, 1.82) is 0 Å². The largest absolute Gasteiger partial charge is 0.493 e. The highest BCUT2D eigenvalue weighted by Crippen LogP contribution is 2.31. The quantitative estimate of drug-likeness (QED) is 0.778. The SMILES string of the molecule is COc1c(Cl)ncc(Cl)c1C(=O)O. The molecule has 0 atom stereocenters. The summed E-state index contributed by atoms with van der Waals surface area (Å²) in [4.78, 5) is 14.3. The van der Waals surface area contributed by atoms with E-state index in [4.69, 9.17) is 33.0 Å². The molecule has 0 bridgehead atoms. The van der Waals surface area contributed by atoms with Crippen molar-refractivity contribution in [3.8, 4) is 5.75 Å². The lowest BCUT2D eigenvalue weighted by Crippen LogP contribution is -2.03. The molecular formula is C7H5Cl2NO3. The van der Waals surface area contributed by atoms with E-state index in [-0.39, 0.29) is 21.5 Å². The average molecular weight is 222 g/mol. The van der Waals surface area contributed by atoms with Gasteiger partial charge in [0.15, 0.2) is 10.9 Å². The monoisotopic (exact) mass is 221 g/mol. The first-order chi connectivity index (χ1) is 6.07. The fourth-order valence-electron chi connectivity index (χ4n) is 0.834. The zero-order valence-corrected chi connectivity index (χ0v) is 8.06. The number of ether oxygens (including phenoxy) is 1. The molecule has 13 heavy (non-hydrogen) atoms. The van der Waals surface area contributed by atoms with Crippen LogP contribution in [0.25, 0.3) is 0 Å². The Hall–Kier alpha value is -1.00. The first-order valence-corrected chi connectivity index (χ1v) is 3.94. The van der Waals surface area contributed by atoms with Gasteiger partial charge in [-0.25, -0.2) is 9.78 Å². The molecule has 1 aromatic heterocycles. The molecule has 0 saturated heterocycles. The third-order valence-electron chi connectivity index (χ3n) is 1.36. The fraction of sp³-hybridized carbons (Fsp3) is 0.143. The lowest BCUT2D eigenvalue weighted by atomic mass is 10.2. The molecule has 1 aromatic rings. The Balaban J connectivity index is 3.43. The van der Waals surface area contributed by atoms with Gasteiger partial charge in [0.2, 0.25) is 0 Å². The van der Waals surface area contributed by atoms with Gasteiger partial charge < -0.3 is 9.84 Å². The zero-order valence-electron chi connectivity index (χ0n) is 6.54. The van der Waals surface area contributed by atoms with E-state index >= 15 is 0 Å². The van der Waals surface area contributed by atoms with E-state index in [1.807, 2.05) is 0 Å². The molecule has 1 heterocycles. The summed E-state index contributed by atoms with van der Waals surface area (Å²) in [7, 11) is 1.30. The van der Waals surface area contributed by atoms with Crippen LogP contribution in [0.3, 0.4) is 0 Å². The third kappa shape index (κ3) is 1.84. The molecular weight excluding hydrogens is 217 g/mol. The van der Waals surface area contributed by atoms with Gasteiger partial charge in [-0.2, -0.15) is 0 Å². The Morgan fingerprint density at radius 1 is 1.62 bits per heavy atom. The van der Waals surface area contributed by atoms with Crippen molar-refractivity contribution in [3.63, 3.8) is 0 Å². The Labute approximate surface area is 84.1 Å².